The molecule has 2 fully saturated rings. The molecule has 2 aliphatic heterocycles. The average Bonchev–Trinajstić information content (AvgIpc) is 3.28. The second-order valence-corrected chi connectivity index (χ2v) is 9.14. The number of nitrogens with one attached hydrogen (secondary N) is 1. The smallest absolute Gasteiger partial charge is 0.229 e. The number of piperazine rings is 1. The lowest BCUT2D eigenvalue weighted by molar-refractivity contribution is -0.128. The minimum atomic E-state index is -0.338. The molecule has 0 aliphatic carbocycles. The van der Waals surface area contributed by atoms with Gasteiger partial charge in [0, 0.05) is 57.1 Å². The molecule has 0 radical (unpaired) electrons. The second kappa shape index (κ2) is 11.4. The van der Waals surface area contributed by atoms with Crippen LogP contribution in [0, 0.1) is 5.92 Å². The summed E-state index contributed by atoms with van der Waals surface area (Å²) >= 11 is 0. The third kappa shape index (κ3) is 6.06. The molecule has 2 amide bonds. The zero-order chi connectivity index (χ0) is 24.8. The molecule has 2 aromatic carbocycles. The second-order valence-electron chi connectivity index (χ2n) is 9.14. The van der Waals surface area contributed by atoms with Crippen molar-refractivity contribution in [1.29, 1.82) is 0 Å². The molecule has 2 aliphatic rings. The number of likely N-dealkylation sites (N-methyl/N-ethyl adjacent to an activating group) is 1. The van der Waals surface area contributed by atoms with Gasteiger partial charge < -0.3 is 29.5 Å². The van der Waals surface area contributed by atoms with E-state index < -0.39 is 0 Å². The number of benzene rings is 2. The lowest BCUT2D eigenvalue weighted by Crippen LogP contribution is -2.46. The Morgan fingerprint density at radius 1 is 1.00 bits per heavy atom. The molecule has 0 spiro atoms. The first kappa shape index (κ1) is 24.9. The molecule has 0 aromatic heterocycles. The fraction of sp³-hybridized carbons (Fsp3) is 0.481. The highest BCUT2D eigenvalue weighted by atomic mass is 16.5. The molecule has 188 valence electrons. The van der Waals surface area contributed by atoms with Gasteiger partial charge in [-0.2, -0.15) is 0 Å². The number of hydrogen-bond donors (Lipinski definition) is 1. The topological polar surface area (TPSA) is 74.4 Å². The number of carbonyl (C=O) groups is 2. The van der Waals surface area contributed by atoms with Crippen LogP contribution < -0.4 is 19.7 Å². The van der Waals surface area contributed by atoms with Crippen LogP contribution in [0.1, 0.15) is 18.9 Å². The summed E-state index contributed by atoms with van der Waals surface area (Å²) in [6.07, 6.45) is 0.936. The van der Waals surface area contributed by atoms with Gasteiger partial charge in [0.1, 0.15) is 0 Å². The number of amides is 2. The predicted octanol–water partition coefficient (Wildman–Crippen LogP) is 2.88. The first-order valence-electron chi connectivity index (χ1n) is 12.4. The predicted molar refractivity (Wildman–Crippen MR) is 137 cm³/mol. The van der Waals surface area contributed by atoms with E-state index >= 15 is 0 Å². The average molecular weight is 481 g/mol. The SMILES string of the molecule is CCN1CCN(c2ccc(NC(=O)C3CC(=O)N(CCc4ccc(OC)c(OC)c4)C3)cc2)CC1. The number of anilines is 2. The summed E-state index contributed by atoms with van der Waals surface area (Å²) in [6.45, 7) is 8.49. The highest BCUT2D eigenvalue weighted by molar-refractivity contribution is 5.97. The largest absolute Gasteiger partial charge is 0.493 e. The van der Waals surface area contributed by atoms with E-state index in [-0.39, 0.29) is 24.2 Å². The number of ether oxygens (including phenoxy) is 2. The third-order valence-corrected chi connectivity index (χ3v) is 7.02. The Balaban J connectivity index is 1.27. The Morgan fingerprint density at radius 3 is 2.37 bits per heavy atom. The highest BCUT2D eigenvalue weighted by Gasteiger charge is 2.34. The van der Waals surface area contributed by atoms with E-state index in [4.69, 9.17) is 9.47 Å². The molecule has 1 atom stereocenters. The summed E-state index contributed by atoms with van der Waals surface area (Å²) in [4.78, 5) is 32.0. The van der Waals surface area contributed by atoms with Gasteiger partial charge in [-0.05, 0) is 54.9 Å². The van der Waals surface area contributed by atoms with Crippen LogP contribution in [0.3, 0.4) is 0 Å². The van der Waals surface area contributed by atoms with E-state index in [1.165, 1.54) is 5.69 Å². The molecule has 2 heterocycles. The molecule has 1 unspecified atom stereocenters. The number of hydrogen-bond acceptors (Lipinski definition) is 6. The van der Waals surface area contributed by atoms with Crippen molar-refractivity contribution in [3.8, 4) is 11.5 Å². The number of methoxy groups -OCH3 is 2. The zero-order valence-corrected chi connectivity index (χ0v) is 21.0. The van der Waals surface area contributed by atoms with Crippen LogP contribution in [0.5, 0.6) is 11.5 Å². The minimum absolute atomic E-state index is 0.0206. The van der Waals surface area contributed by atoms with Crippen molar-refractivity contribution >= 4 is 23.2 Å². The van der Waals surface area contributed by atoms with E-state index in [1.54, 1.807) is 19.1 Å². The van der Waals surface area contributed by atoms with Crippen molar-refractivity contribution in [3.63, 3.8) is 0 Å². The molecule has 4 rings (SSSR count). The van der Waals surface area contributed by atoms with Gasteiger partial charge in [0.15, 0.2) is 11.5 Å². The van der Waals surface area contributed by atoms with Gasteiger partial charge in [-0.15, -0.1) is 0 Å². The Labute approximate surface area is 207 Å². The van der Waals surface area contributed by atoms with Crippen LogP contribution in [0.25, 0.3) is 0 Å². The van der Waals surface area contributed by atoms with Crippen molar-refractivity contribution in [2.75, 3.05) is 70.2 Å². The van der Waals surface area contributed by atoms with Gasteiger partial charge in [0.25, 0.3) is 0 Å². The van der Waals surface area contributed by atoms with Crippen LogP contribution in [0.15, 0.2) is 42.5 Å². The summed E-state index contributed by atoms with van der Waals surface area (Å²) < 4.78 is 10.6. The highest BCUT2D eigenvalue weighted by Crippen LogP contribution is 2.28. The lowest BCUT2D eigenvalue weighted by Gasteiger charge is -2.35. The number of nitrogens with zero attached hydrogens (tertiary/aromatic N) is 3. The lowest BCUT2D eigenvalue weighted by atomic mass is 10.1. The number of rotatable bonds is 9. The van der Waals surface area contributed by atoms with Crippen LogP contribution in [0.4, 0.5) is 11.4 Å². The summed E-state index contributed by atoms with van der Waals surface area (Å²) in [5, 5.41) is 3.00. The van der Waals surface area contributed by atoms with E-state index in [0.717, 1.165) is 44.0 Å². The monoisotopic (exact) mass is 480 g/mol. The van der Waals surface area contributed by atoms with Gasteiger partial charge in [0.05, 0.1) is 20.1 Å². The number of likely N-dealkylation sites (tertiary alicyclic amines) is 1. The molecule has 0 saturated carbocycles. The van der Waals surface area contributed by atoms with E-state index in [2.05, 4.69) is 34.2 Å². The Hall–Kier alpha value is -3.26. The fourth-order valence-corrected chi connectivity index (χ4v) is 4.79. The van der Waals surface area contributed by atoms with Crippen molar-refractivity contribution in [3.05, 3.63) is 48.0 Å². The Kier molecular flexibility index (Phi) is 8.13. The molecule has 8 nitrogen and oxygen atoms in total. The maximum Gasteiger partial charge on any atom is 0.229 e. The van der Waals surface area contributed by atoms with Crippen molar-refractivity contribution < 1.29 is 19.1 Å². The van der Waals surface area contributed by atoms with Gasteiger partial charge >= 0.3 is 0 Å². The quantitative estimate of drug-likeness (QED) is 0.595. The van der Waals surface area contributed by atoms with E-state index in [1.807, 2.05) is 30.3 Å². The molecular weight excluding hydrogens is 444 g/mol. The summed E-state index contributed by atoms with van der Waals surface area (Å²) in [5.41, 5.74) is 3.00. The molecule has 8 heteroatoms. The Morgan fingerprint density at radius 2 is 1.71 bits per heavy atom. The number of carbonyl (C=O) groups excluding carboxylic acids is 2. The van der Waals surface area contributed by atoms with Crippen LogP contribution in [0.2, 0.25) is 0 Å². The molecule has 1 N–H and O–H groups in total. The fourth-order valence-electron chi connectivity index (χ4n) is 4.79. The first-order chi connectivity index (χ1) is 17.0. The van der Waals surface area contributed by atoms with E-state index in [0.29, 0.717) is 31.0 Å². The molecule has 2 aromatic rings. The maximum atomic E-state index is 12.9. The summed E-state index contributed by atoms with van der Waals surface area (Å²) in [7, 11) is 3.21. The summed E-state index contributed by atoms with van der Waals surface area (Å²) in [5.74, 6) is 0.930. The normalized spacial score (nSPS) is 18.6. The molecule has 2 saturated heterocycles. The van der Waals surface area contributed by atoms with Crippen LogP contribution >= 0.6 is 0 Å². The molecule has 0 bridgehead atoms. The maximum absolute atomic E-state index is 12.9. The third-order valence-electron chi connectivity index (χ3n) is 7.02. The van der Waals surface area contributed by atoms with Gasteiger partial charge in [0.2, 0.25) is 11.8 Å². The minimum Gasteiger partial charge on any atom is -0.493 e. The first-order valence-corrected chi connectivity index (χ1v) is 12.4. The van der Waals surface area contributed by atoms with Crippen LogP contribution in [-0.2, 0) is 16.0 Å². The molecule has 35 heavy (non-hydrogen) atoms. The zero-order valence-electron chi connectivity index (χ0n) is 21.0. The van der Waals surface area contributed by atoms with Crippen molar-refractivity contribution in [2.24, 2.45) is 5.92 Å². The van der Waals surface area contributed by atoms with Gasteiger partial charge in [-0.1, -0.05) is 13.0 Å². The summed E-state index contributed by atoms with van der Waals surface area (Å²) in [6, 6.07) is 13.8. The van der Waals surface area contributed by atoms with Crippen molar-refractivity contribution in [1.82, 2.24) is 9.80 Å². The van der Waals surface area contributed by atoms with Crippen molar-refractivity contribution in [2.45, 2.75) is 19.8 Å². The standard InChI is InChI=1S/C27H36N4O4/c1-4-29-13-15-30(16-14-29)23-8-6-22(7-9-23)28-27(33)21-18-26(32)31(19-21)12-11-20-5-10-24(34-2)25(17-20)35-3/h5-10,17,21H,4,11-16,18-19H2,1-3H3,(H,28,33). The van der Waals surface area contributed by atoms with Gasteiger partial charge in [-0.25, -0.2) is 0 Å². The Bertz CT molecular complexity index is 1020. The molecular formula is C27H36N4O4. The van der Waals surface area contributed by atoms with E-state index in [9.17, 15) is 9.59 Å². The van der Waals surface area contributed by atoms with Gasteiger partial charge in [-0.3, -0.25) is 9.59 Å². The van der Waals surface area contributed by atoms with Crippen LogP contribution in [-0.4, -0.2) is 81.6 Å².